The Labute approximate surface area is 191 Å². The van der Waals surface area contributed by atoms with E-state index in [2.05, 4.69) is 32.2 Å². The number of allylic oxidation sites excluding steroid dienone is 2. The summed E-state index contributed by atoms with van der Waals surface area (Å²) in [6.07, 6.45) is 7.96. The van der Waals surface area contributed by atoms with Gasteiger partial charge in [-0.25, -0.2) is 4.39 Å². The second-order valence-electron chi connectivity index (χ2n) is 6.62. The minimum absolute atomic E-state index is 0.0304. The SMILES string of the molecule is C/C=C\CC.C=C.CC.CC(=O)N1CCc2ccc(On3ccc4cc(F)ccc43)cc21. The minimum atomic E-state index is -0.273. The minimum Gasteiger partial charge on any atom is -0.375 e. The van der Waals surface area contributed by atoms with E-state index in [1.54, 1.807) is 34.9 Å². The molecule has 3 aromatic rings. The summed E-state index contributed by atoms with van der Waals surface area (Å²) in [5.41, 5.74) is 2.83. The van der Waals surface area contributed by atoms with Crippen molar-refractivity contribution in [2.75, 3.05) is 11.4 Å². The van der Waals surface area contributed by atoms with Gasteiger partial charge in [-0.15, -0.1) is 13.2 Å². The average Bonchev–Trinajstić information content (AvgIpc) is 3.41. The first-order valence-electron chi connectivity index (χ1n) is 11.0. The molecule has 0 fully saturated rings. The molecule has 0 radical (unpaired) electrons. The summed E-state index contributed by atoms with van der Waals surface area (Å²) >= 11 is 0. The lowest BCUT2D eigenvalue weighted by Crippen LogP contribution is -2.25. The molecule has 0 unspecified atom stereocenters. The van der Waals surface area contributed by atoms with E-state index < -0.39 is 0 Å². The van der Waals surface area contributed by atoms with Gasteiger partial charge in [0, 0.05) is 31.1 Å². The maximum atomic E-state index is 13.3. The van der Waals surface area contributed by atoms with Crippen molar-refractivity contribution in [3.63, 3.8) is 0 Å². The van der Waals surface area contributed by atoms with Gasteiger partial charge in [0.25, 0.3) is 0 Å². The zero-order valence-corrected chi connectivity index (χ0v) is 19.9. The third kappa shape index (κ3) is 6.84. The van der Waals surface area contributed by atoms with Crippen LogP contribution in [0.3, 0.4) is 0 Å². The smallest absolute Gasteiger partial charge is 0.223 e. The van der Waals surface area contributed by atoms with Crippen molar-refractivity contribution < 1.29 is 14.0 Å². The van der Waals surface area contributed by atoms with Crippen LogP contribution >= 0.6 is 0 Å². The summed E-state index contributed by atoms with van der Waals surface area (Å²) < 4.78 is 14.9. The Balaban J connectivity index is 0.000000497. The van der Waals surface area contributed by atoms with E-state index in [1.165, 1.54) is 12.1 Å². The number of carbonyl (C=O) groups excluding carboxylic acids is 1. The van der Waals surface area contributed by atoms with Crippen LogP contribution in [0.5, 0.6) is 5.75 Å². The largest absolute Gasteiger partial charge is 0.375 e. The Kier molecular flexibility index (Phi) is 11.6. The third-order valence-electron chi connectivity index (χ3n) is 4.62. The van der Waals surface area contributed by atoms with E-state index in [4.69, 9.17) is 4.84 Å². The molecule has 1 aliphatic heterocycles. The van der Waals surface area contributed by atoms with Crippen LogP contribution in [0.4, 0.5) is 10.1 Å². The maximum Gasteiger partial charge on any atom is 0.223 e. The van der Waals surface area contributed by atoms with Gasteiger partial charge in [0.1, 0.15) is 5.82 Å². The first-order valence-corrected chi connectivity index (χ1v) is 11.0. The quantitative estimate of drug-likeness (QED) is 0.401. The summed E-state index contributed by atoms with van der Waals surface area (Å²) in [6, 6.07) is 12.1. The normalized spacial score (nSPS) is 11.5. The topological polar surface area (TPSA) is 34.5 Å². The zero-order chi connectivity index (χ0) is 24.1. The highest BCUT2D eigenvalue weighted by Gasteiger charge is 2.22. The molecule has 0 N–H and O–H groups in total. The van der Waals surface area contributed by atoms with E-state index in [-0.39, 0.29) is 11.7 Å². The summed E-state index contributed by atoms with van der Waals surface area (Å²) in [5, 5.41) is 0.775. The molecule has 2 aromatic carbocycles. The first-order chi connectivity index (χ1) is 15.5. The highest BCUT2D eigenvalue weighted by Crippen LogP contribution is 2.32. The Morgan fingerprint density at radius 3 is 2.47 bits per heavy atom. The van der Waals surface area contributed by atoms with E-state index in [1.807, 2.05) is 39.0 Å². The van der Waals surface area contributed by atoms with Crippen LogP contribution in [0.15, 0.2) is 74.0 Å². The predicted octanol–water partition coefficient (Wildman–Crippen LogP) is 7.33. The van der Waals surface area contributed by atoms with Crippen LogP contribution in [0.1, 0.15) is 46.6 Å². The van der Waals surface area contributed by atoms with Gasteiger partial charge in [-0.1, -0.05) is 39.0 Å². The average molecular weight is 439 g/mol. The monoisotopic (exact) mass is 438 g/mol. The molecular weight excluding hydrogens is 403 g/mol. The molecule has 172 valence electrons. The molecule has 0 saturated heterocycles. The van der Waals surface area contributed by atoms with Gasteiger partial charge in [-0.2, -0.15) is 4.73 Å². The number of benzene rings is 2. The molecule has 0 aliphatic carbocycles. The highest BCUT2D eigenvalue weighted by atomic mass is 19.1. The van der Waals surface area contributed by atoms with Gasteiger partial charge in [0.2, 0.25) is 5.91 Å². The molecule has 2 heterocycles. The van der Waals surface area contributed by atoms with Crippen molar-refractivity contribution in [2.45, 2.75) is 47.5 Å². The van der Waals surface area contributed by atoms with Crippen LogP contribution in [-0.4, -0.2) is 17.2 Å². The number of amides is 1. The van der Waals surface area contributed by atoms with E-state index in [9.17, 15) is 9.18 Å². The van der Waals surface area contributed by atoms with Crippen LogP contribution < -0.4 is 9.74 Å². The maximum absolute atomic E-state index is 13.3. The van der Waals surface area contributed by atoms with Crippen molar-refractivity contribution in [3.8, 4) is 5.75 Å². The fourth-order valence-corrected chi connectivity index (χ4v) is 3.26. The lowest BCUT2D eigenvalue weighted by Gasteiger charge is -2.16. The van der Waals surface area contributed by atoms with Crippen LogP contribution in [0, 0.1) is 5.82 Å². The zero-order valence-electron chi connectivity index (χ0n) is 19.9. The molecule has 4 nitrogen and oxygen atoms in total. The van der Waals surface area contributed by atoms with Crippen molar-refractivity contribution in [2.24, 2.45) is 0 Å². The number of fused-ring (bicyclic) bond motifs is 2. The number of carbonyl (C=O) groups is 1. The summed E-state index contributed by atoms with van der Waals surface area (Å²) in [7, 11) is 0. The Hall–Kier alpha value is -3.34. The molecule has 1 aromatic heterocycles. The second kappa shape index (κ2) is 13.9. The predicted molar refractivity (Wildman–Crippen MR) is 134 cm³/mol. The van der Waals surface area contributed by atoms with Crippen molar-refractivity contribution in [1.29, 1.82) is 0 Å². The number of rotatable bonds is 3. The van der Waals surface area contributed by atoms with E-state index >= 15 is 0 Å². The van der Waals surface area contributed by atoms with Crippen molar-refractivity contribution in [3.05, 3.63) is 85.4 Å². The highest BCUT2D eigenvalue weighted by molar-refractivity contribution is 5.94. The van der Waals surface area contributed by atoms with Gasteiger partial charge in [0.05, 0.1) is 11.2 Å². The molecule has 0 spiro atoms. The van der Waals surface area contributed by atoms with E-state index in [0.717, 1.165) is 35.0 Å². The summed E-state index contributed by atoms with van der Waals surface area (Å²) in [6.45, 7) is 16.4. The summed E-state index contributed by atoms with van der Waals surface area (Å²) in [4.78, 5) is 19.3. The second-order valence-corrected chi connectivity index (χ2v) is 6.62. The van der Waals surface area contributed by atoms with Crippen molar-refractivity contribution >= 4 is 22.5 Å². The van der Waals surface area contributed by atoms with Gasteiger partial charge in [0.15, 0.2) is 5.75 Å². The Morgan fingerprint density at radius 1 is 1.16 bits per heavy atom. The third-order valence-corrected chi connectivity index (χ3v) is 4.62. The van der Waals surface area contributed by atoms with E-state index in [0.29, 0.717) is 12.3 Å². The number of aromatic nitrogens is 1. The molecule has 4 rings (SSSR count). The molecular formula is C27H35FN2O2. The molecule has 1 aliphatic rings. The lowest BCUT2D eigenvalue weighted by molar-refractivity contribution is -0.116. The lowest BCUT2D eigenvalue weighted by atomic mass is 10.1. The van der Waals surface area contributed by atoms with Gasteiger partial charge in [-0.3, -0.25) is 4.79 Å². The van der Waals surface area contributed by atoms with Crippen LogP contribution in [-0.2, 0) is 11.2 Å². The molecule has 0 saturated carbocycles. The molecule has 32 heavy (non-hydrogen) atoms. The Bertz CT molecular complexity index is 1020. The number of hydrogen-bond acceptors (Lipinski definition) is 2. The fraction of sp³-hybridized carbons (Fsp3) is 0.296. The number of anilines is 1. The first kappa shape index (κ1) is 26.7. The number of nitrogens with zero attached hydrogens (tertiary/aromatic N) is 2. The fourth-order valence-electron chi connectivity index (χ4n) is 3.26. The summed E-state index contributed by atoms with van der Waals surface area (Å²) in [5.74, 6) is 0.395. The molecule has 0 atom stereocenters. The number of hydrogen-bond donors (Lipinski definition) is 0. The standard InChI is InChI=1S/C18H15FN2O2.C5H10.C2H6.C2H4/c1-12(22)20-8-6-13-2-4-16(11-18(13)20)23-21-9-7-14-10-15(19)3-5-17(14)21;1-3-5-4-2;2*1-2/h2-5,7,9-11H,6,8H2,1H3;3,5H,4H2,1-2H3;1-2H3;1-2H2/b;5-3-;;. The molecule has 0 bridgehead atoms. The van der Waals surface area contributed by atoms with Crippen molar-refractivity contribution in [1.82, 2.24) is 4.73 Å². The van der Waals surface area contributed by atoms with Gasteiger partial charge < -0.3 is 9.74 Å². The number of halogens is 1. The molecule has 5 heteroatoms. The Morgan fingerprint density at radius 2 is 1.88 bits per heavy atom. The van der Waals surface area contributed by atoms with Crippen LogP contribution in [0.2, 0.25) is 0 Å². The van der Waals surface area contributed by atoms with Gasteiger partial charge >= 0.3 is 0 Å². The van der Waals surface area contributed by atoms with Gasteiger partial charge in [-0.05, 0) is 55.7 Å². The molecule has 1 amide bonds. The van der Waals surface area contributed by atoms with Crippen LogP contribution in [0.25, 0.3) is 10.9 Å².